The molecule has 6 heteroatoms. The summed E-state index contributed by atoms with van der Waals surface area (Å²) in [7, 11) is 1.83. The van der Waals surface area contributed by atoms with Crippen molar-refractivity contribution >= 4 is 11.8 Å². The van der Waals surface area contributed by atoms with Crippen LogP contribution in [0.3, 0.4) is 0 Å². The summed E-state index contributed by atoms with van der Waals surface area (Å²) in [5.74, 6) is 0. The van der Waals surface area contributed by atoms with E-state index >= 15 is 0 Å². The molecule has 0 spiro atoms. The number of nitro groups is 1. The van der Waals surface area contributed by atoms with Gasteiger partial charge in [-0.25, -0.2) is 0 Å². The molecule has 0 aromatic heterocycles. The van der Waals surface area contributed by atoms with Crippen LogP contribution in [0.15, 0.2) is 11.2 Å². The molecule has 0 aromatic rings. The van der Waals surface area contributed by atoms with Crippen molar-refractivity contribution in [1.82, 2.24) is 10.6 Å². The van der Waals surface area contributed by atoms with Gasteiger partial charge in [0.05, 0.1) is 4.92 Å². The third-order valence-electron chi connectivity index (χ3n) is 1.12. The van der Waals surface area contributed by atoms with Gasteiger partial charge in [0.25, 0.3) is 6.20 Å². The van der Waals surface area contributed by atoms with Crippen molar-refractivity contribution in [2.45, 2.75) is 0 Å². The summed E-state index contributed by atoms with van der Waals surface area (Å²) in [6, 6.07) is 0. The number of hydrogen-bond acceptors (Lipinski definition) is 5. The zero-order valence-corrected chi connectivity index (χ0v) is 7.98. The number of thioether (sulfide) groups is 1. The lowest BCUT2D eigenvalue weighted by Gasteiger charge is -2.04. The number of rotatable bonds is 6. The molecule has 0 aromatic carbocycles. The summed E-state index contributed by atoms with van der Waals surface area (Å²) in [5.41, 5.74) is 0. The number of likely N-dealkylation sites (N-methyl/N-ethyl adjacent to an activating group) is 1. The van der Waals surface area contributed by atoms with Crippen molar-refractivity contribution in [3.63, 3.8) is 0 Å². The first-order valence-electron chi connectivity index (χ1n) is 3.48. The minimum atomic E-state index is -0.460. The van der Waals surface area contributed by atoms with Crippen LogP contribution in [-0.2, 0) is 0 Å². The van der Waals surface area contributed by atoms with Gasteiger partial charge in [-0.05, 0) is 13.3 Å². The Bertz CT molecular complexity index is 172. The van der Waals surface area contributed by atoms with E-state index in [-0.39, 0.29) is 0 Å². The van der Waals surface area contributed by atoms with Crippen molar-refractivity contribution in [2.24, 2.45) is 0 Å². The molecular weight excluding hydrogens is 178 g/mol. The molecule has 0 bridgehead atoms. The van der Waals surface area contributed by atoms with Crippen molar-refractivity contribution < 1.29 is 4.92 Å². The molecule has 0 aliphatic carbocycles. The Morgan fingerprint density at radius 1 is 1.67 bits per heavy atom. The summed E-state index contributed by atoms with van der Waals surface area (Å²) >= 11 is 1.33. The highest BCUT2D eigenvalue weighted by Crippen LogP contribution is 2.05. The molecule has 0 heterocycles. The summed E-state index contributed by atoms with van der Waals surface area (Å²) < 4.78 is 0. The quantitative estimate of drug-likeness (QED) is 0.357. The van der Waals surface area contributed by atoms with Gasteiger partial charge in [-0.15, -0.1) is 11.8 Å². The van der Waals surface area contributed by atoms with Crippen LogP contribution in [0.5, 0.6) is 0 Å². The molecule has 0 rings (SSSR count). The van der Waals surface area contributed by atoms with Gasteiger partial charge in [0.2, 0.25) is 0 Å². The molecule has 0 amide bonds. The van der Waals surface area contributed by atoms with E-state index in [0.717, 1.165) is 12.7 Å². The van der Waals surface area contributed by atoms with Gasteiger partial charge in [-0.3, -0.25) is 10.1 Å². The largest absolute Gasteiger partial charge is 0.374 e. The molecule has 70 valence electrons. The molecular formula is C6H13N3O2S. The highest BCUT2D eigenvalue weighted by molar-refractivity contribution is 8.02. The molecule has 0 saturated carbocycles. The minimum absolute atomic E-state index is 0.460. The van der Waals surface area contributed by atoms with Gasteiger partial charge in [0.15, 0.2) is 0 Å². The maximum Gasteiger partial charge on any atom is 0.263 e. The molecule has 5 nitrogen and oxygen atoms in total. The Kier molecular flexibility index (Phi) is 6.50. The monoisotopic (exact) mass is 191 g/mol. The Morgan fingerprint density at radius 2 is 2.33 bits per heavy atom. The molecule has 0 fully saturated rings. The fourth-order valence-electron chi connectivity index (χ4n) is 0.577. The predicted octanol–water partition coefficient (Wildman–Crippen LogP) is 0.234. The second-order valence-corrected chi connectivity index (χ2v) is 2.86. The van der Waals surface area contributed by atoms with Crippen molar-refractivity contribution in [3.8, 4) is 0 Å². The Labute approximate surface area is 75.8 Å². The average molecular weight is 191 g/mol. The van der Waals surface area contributed by atoms with E-state index in [1.807, 2.05) is 7.05 Å². The second kappa shape index (κ2) is 6.93. The maximum atomic E-state index is 10.1. The van der Waals surface area contributed by atoms with Crippen LogP contribution in [0.2, 0.25) is 0 Å². The molecule has 2 N–H and O–H groups in total. The second-order valence-electron chi connectivity index (χ2n) is 2.01. The van der Waals surface area contributed by atoms with E-state index in [2.05, 4.69) is 10.6 Å². The van der Waals surface area contributed by atoms with E-state index in [1.54, 1.807) is 6.26 Å². The molecule has 0 radical (unpaired) electrons. The minimum Gasteiger partial charge on any atom is -0.374 e. The molecule has 12 heavy (non-hydrogen) atoms. The van der Waals surface area contributed by atoms with Crippen molar-refractivity contribution in [3.05, 3.63) is 21.3 Å². The maximum absolute atomic E-state index is 10.1. The molecule has 0 aliphatic heterocycles. The van der Waals surface area contributed by atoms with Crippen LogP contribution in [0.25, 0.3) is 0 Å². The highest BCUT2D eigenvalue weighted by Gasteiger charge is 1.98. The van der Waals surface area contributed by atoms with E-state index in [0.29, 0.717) is 11.6 Å². The van der Waals surface area contributed by atoms with Crippen LogP contribution >= 0.6 is 11.8 Å². The topological polar surface area (TPSA) is 67.2 Å². The first-order valence-corrected chi connectivity index (χ1v) is 4.71. The SMILES string of the molecule is CNCCN/C(=C/[N+](=O)[O-])SC. The number of nitrogens with one attached hydrogen (secondary N) is 2. The van der Waals surface area contributed by atoms with Crippen LogP contribution < -0.4 is 10.6 Å². The average Bonchev–Trinajstić information content (AvgIpc) is 2.02. The predicted molar refractivity (Wildman–Crippen MR) is 50.5 cm³/mol. The number of nitrogens with zero attached hydrogens (tertiary/aromatic N) is 1. The van der Waals surface area contributed by atoms with Crippen LogP contribution in [0.4, 0.5) is 0 Å². The molecule has 0 aliphatic rings. The molecule has 0 atom stereocenters. The van der Waals surface area contributed by atoms with Gasteiger partial charge in [-0.2, -0.15) is 0 Å². The smallest absolute Gasteiger partial charge is 0.263 e. The first-order chi connectivity index (χ1) is 5.70. The van der Waals surface area contributed by atoms with Gasteiger partial charge >= 0.3 is 0 Å². The van der Waals surface area contributed by atoms with E-state index in [9.17, 15) is 10.1 Å². The highest BCUT2D eigenvalue weighted by atomic mass is 32.2. The normalized spacial score (nSPS) is 11.3. The van der Waals surface area contributed by atoms with Gasteiger partial charge in [0.1, 0.15) is 5.03 Å². The van der Waals surface area contributed by atoms with E-state index in [4.69, 9.17) is 0 Å². The Morgan fingerprint density at radius 3 is 2.75 bits per heavy atom. The van der Waals surface area contributed by atoms with Gasteiger partial charge in [-0.1, -0.05) is 0 Å². The third kappa shape index (κ3) is 5.99. The summed E-state index contributed by atoms with van der Waals surface area (Å²) in [5, 5.41) is 16.5. The third-order valence-corrected chi connectivity index (χ3v) is 1.81. The summed E-state index contributed by atoms with van der Waals surface area (Å²) in [6.07, 6.45) is 2.77. The fourth-order valence-corrected chi connectivity index (χ4v) is 1.01. The van der Waals surface area contributed by atoms with Crippen molar-refractivity contribution in [1.29, 1.82) is 0 Å². The van der Waals surface area contributed by atoms with Crippen LogP contribution in [0, 0.1) is 10.1 Å². The molecule has 0 unspecified atom stereocenters. The zero-order valence-electron chi connectivity index (χ0n) is 7.16. The number of hydrogen-bond donors (Lipinski definition) is 2. The summed E-state index contributed by atoms with van der Waals surface area (Å²) in [4.78, 5) is 9.60. The lowest BCUT2D eigenvalue weighted by molar-refractivity contribution is -0.403. The van der Waals surface area contributed by atoms with Gasteiger partial charge < -0.3 is 10.6 Å². The van der Waals surface area contributed by atoms with E-state index in [1.165, 1.54) is 11.8 Å². The first kappa shape index (κ1) is 11.2. The molecule has 0 saturated heterocycles. The van der Waals surface area contributed by atoms with Crippen LogP contribution in [-0.4, -0.2) is 31.3 Å². The van der Waals surface area contributed by atoms with Crippen molar-refractivity contribution in [2.75, 3.05) is 26.4 Å². The standard InChI is InChI=1S/C6H13N3O2S/c1-7-3-4-8-6(12-2)5-9(10)11/h5,7-8H,3-4H2,1-2H3/b6-5-. The Hall–Kier alpha value is -0.750. The van der Waals surface area contributed by atoms with Gasteiger partial charge in [0, 0.05) is 13.1 Å². The lowest BCUT2D eigenvalue weighted by atomic mass is 10.6. The van der Waals surface area contributed by atoms with Crippen LogP contribution in [0.1, 0.15) is 0 Å². The fraction of sp³-hybridized carbons (Fsp3) is 0.667. The lowest BCUT2D eigenvalue weighted by Crippen LogP contribution is -2.23. The van der Waals surface area contributed by atoms with E-state index < -0.39 is 4.92 Å². The zero-order chi connectivity index (χ0) is 9.40. The Balaban J connectivity index is 3.75. The summed E-state index contributed by atoms with van der Waals surface area (Å²) in [6.45, 7) is 1.48.